The molecule has 0 fully saturated rings. The topological polar surface area (TPSA) is 82.2 Å². The van der Waals surface area contributed by atoms with E-state index < -0.39 is 11.7 Å². The van der Waals surface area contributed by atoms with Gasteiger partial charge in [-0.15, -0.1) is 0 Å². The van der Waals surface area contributed by atoms with Crippen LogP contribution in [-0.4, -0.2) is 50.2 Å². The van der Waals surface area contributed by atoms with Crippen LogP contribution < -0.4 is 10.4 Å². The molecule has 8 nitrogen and oxygen atoms in total. The molecule has 0 atom stereocenters. The largest absolute Gasteiger partial charge is 0.497 e. The summed E-state index contributed by atoms with van der Waals surface area (Å²) in [6.07, 6.45) is 7.98. The van der Waals surface area contributed by atoms with Gasteiger partial charge in [0.1, 0.15) is 17.1 Å². The maximum absolute atomic E-state index is 13.3. The van der Waals surface area contributed by atoms with Gasteiger partial charge < -0.3 is 9.64 Å². The number of nitrogens with zero attached hydrogens (tertiary/aromatic N) is 5. The molecule has 1 aliphatic heterocycles. The van der Waals surface area contributed by atoms with E-state index in [4.69, 9.17) is 4.74 Å². The van der Waals surface area contributed by atoms with Gasteiger partial charge in [-0.3, -0.25) is 4.57 Å². The number of fused-ring (bicyclic) bond motifs is 1. The Hall–Kier alpha value is -4.53. The Bertz CT molecular complexity index is 1570. The fourth-order valence-corrected chi connectivity index (χ4v) is 4.13. The summed E-state index contributed by atoms with van der Waals surface area (Å²) in [7, 11) is 3.17. The second-order valence-corrected chi connectivity index (χ2v) is 8.45. The third kappa shape index (κ3) is 4.43. The molecule has 4 aromatic rings. The van der Waals surface area contributed by atoms with Gasteiger partial charge in [-0.25, -0.2) is 28.5 Å². The predicted molar refractivity (Wildman–Crippen MR) is 135 cm³/mol. The first-order valence-corrected chi connectivity index (χ1v) is 11.5. The maximum Gasteiger partial charge on any atom is 0.338 e. The number of methoxy groups -OCH3 is 1. The van der Waals surface area contributed by atoms with Crippen molar-refractivity contribution in [3.63, 3.8) is 0 Å². The van der Waals surface area contributed by atoms with E-state index in [-0.39, 0.29) is 5.82 Å². The Morgan fingerprint density at radius 3 is 2.67 bits per heavy atom. The molecule has 0 saturated carbocycles. The highest BCUT2D eigenvalue weighted by Crippen LogP contribution is 2.23. The molecular weight excluding hydrogens is 461 g/mol. The number of allylic oxidation sites excluding steroid dienone is 1. The Labute approximate surface area is 206 Å². The summed E-state index contributed by atoms with van der Waals surface area (Å²) in [4.78, 5) is 36.9. The lowest BCUT2D eigenvalue weighted by Gasteiger charge is -2.25. The summed E-state index contributed by atoms with van der Waals surface area (Å²) >= 11 is 0. The molecule has 0 N–H and O–H groups in total. The van der Waals surface area contributed by atoms with Crippen LogP contribution in [0.4, 0.5) is 9.18 Å². The molecule has 0 unspecified atom stereocenters. The minimum Gasteiger partial charge on any atom is -0.497 e. The molecule has 9 heteroatoms. The number of imidazole rings is 1. The number of hydrogen-bond donors (Lipinski definition) is 0. The number of amides is 1. The quantitative estimate of drug-likeness (QED) is 0.432. The van der Waals surface area contributed by atoms with Crippen LogP contribution in [0.5, 0.6) is 5.75 Å². The van der Waals surface area contributed by atoms with E-state index in [0.29, 0.717) is 42.2 Å². The Kier molecular flexibility index (Phi) is 6.20. The number of rotatable bonds is 4. The Morgan fingerprint density at radius 2 is 1.94 bits per heavy atom. The SMILES string of the molecule is COc1cccc(-c2ncc3c(n2)n(C)c(=O)n3C(=O)N2CC=C(/C=C/c3ccc(F)cc3)CC2)c1. The lowest BCUT2D eigenvalue weighted by atomic mass is 10.1. The summed E-state index contributed by atoms with van der Waals surface area (Å²) in [5.41, 5.74) is 2.95. The van der Waals surface area contributed by atoms with E-state index in [2.05, 4.69) is 9.97 Å². The van der Waals surface area contributed by atoms with E-state index >= 15 is 0 Å². The van der Waals surface area contributed by atoms with Crippen molar-refractivity contribution in [1.82, 2.24) is 24.0 Å². The van der Waals surface area contributed by atoms with Crippen molar-refractivity contribution in [2.24, 2.45) is 7.05 Å². The molecule has 2 aromatic carbocycles. The van der Waals surface area contributed by atoms with Gasteiger partial charge in [0.25, 0.3) is 0 Å². The molecule has 0 aliphatic carbocycles. The molecule has 3 heterocycles. The molecule has 36 heavy (non-hydrogen) atoms. The molecule has 0 saturated heterocycles. The number of halogens is 1. The maximum atomic E-state index is 13.3. The van der Waals surface area contributed by atoms with E-state index in [0.717, 1.165) is 21.3 Å². The van der Waals surface area contributed by atoms with Gasteiger partial charge in [0.15, 0.2) is 11.5 Å². The molecule has 0 spiro atoms. The van der Waals surface area contributed by atoms with Gasteiger partial charge in [-0.1, -0.05) is 42.5 Å². The minimum absolute atomic E-state index is 0.274. The summed E-state index contributed by atoms with van der Waals surface area (Å²) in [6.45, 7) is 0.831. The minimum atomic E-state index is -0.474. The lowest BCUT2D eigenvalue weighted by molar-refractivity contribution is 0.203. The van der Waals surface area contributed by atoms with E-state index in [1.54, 1.807) is 31.2 Å². The van der Waals surface area contributed by atoms with Crippen molar-refractivity contribution < 1.29 is 13.9 Å². The second kappa shape index (κ2) is 9.61. The first-order valence-electron chi connectivity index (χ1n) is 11.5. The zero-order valence-electron chi connectivity index (χ0n) is 19.9. The average molecular weight is 486 g/mol. The number of carbonyl (C=O) groups excluding carboxylic acids is 1. The lowest BCUT2D eigenvalue weighted by Crippen LogP contribution is -2.42. The highest BCUT2D eigenvalue weighted by atomic mass is 19.1. The number of ether oxygens (including phenoxy) is 1. The van der Waals surface area contributed by atoms with E-state index in [1.165, 1.54) is 22.9 Å². The molecule has 0 bridgehead atoms. The standard InChI is InChI=1S/C27H24FN5O3/c1-31-25-23(17-29-24(30-25)20-4-3-5-22(16-20)36-2)33(26(31)34)27(35)32-14-12-19(13-15-32)7-6-18-8-10-21(28)11-9-18/h3-12,16-17H,13-15H2,1-2H3/b7-6+. The number of hydrogen-bond acceptors (Lipinski definition) is 5. The molecule has 5 rings (SSSR count). The Balaban J connectivity index is 1.38. The van der Waals surface area contributed by atoms with Crippen LogP contribution in [0.2, 0.25) is 0 Å². The van der Waals surface area contributed by atoms with Crippen LogP contribution in [0, 0.1) is 5.82 Å². The van der Waals surface area contributed by atoms with Gasteiger partial charge >= 0.3 is 11.7 Å². The molecule has 1 aliphatic rings. The monoisotopic (exact) mass is 485 g/mol. The van der Waals surface area contributed by atoms with Crippen molar-refractivity contribution >= 4 is 23.3 Å². The van der Waals surface area contributed by atoms with E-state index in [1.807, 2.05) is 42.5 Å². The number of carbonyl (C=O) groups is 1. The van der Waals surface area contributed by atoms with Crippen molar-refractivity contribution in [3.05, 3.63) is 94.3 Å². The summed E-state index contributed by atoms with van der Waals surface area (Å²) < 4.78 is 20.8. The zero-order valence-corrected chi connectivity index (χ0v) is 19.9. The third-order valence-corrected chi connectivity index (χ3v) is 6.18. The zero-order chi connectivity index (χ0) is 25.2. The smallest absolute Gasteiger partial charge is 0.338 e. The van der Waals surface area contributed by atoms with Crippen LogP contribution in [0.25, 0.3) is 28.6 Å². The number of aromatic nitrogens is 4. The first-order chi connectivity index (χ1) is 17.4. The molecule has 1 amide bonds. The highest BCUT2D eigenvalue weighted by molar-refractivity contribution is 5.88. The first kappa shape index (κ1) is 23.2. The van der Waals surface area contributed by atoms with Crippen molar-refractivity contribution in [1.29, 1.82) is 0 Å². The van der Waals surface area contributed by atoms with Gasteiger partial charge in [0.2, 0.25) is 0 Å². The molecular formula is C27H24FN5O3. The predicted octanol–water partition coefficient (Wildman–Crippen LogP) is 4.26. The molecule has 2 aromatic heterocycles. The van der Waals surface area contributed by atoms with Crippen molar-refractivity contribution in [3.8, 4) is 17.1 Å². The number of aryl methyl sites for hydroxylation is 1. The second-order valence-electron chi connectivity index (χ2n) is 8.45. The van der Waals surface area contributed by atoms with Crippen LogP contribution >= 0.6 is 0 Å². The highest BCUT2D eigenvalue weighted by Gasteiger charge is 2.24. The van der Waals surface area contributed by atoms with Crippen molar-refractivity contribution in [2.75, 3.05) is 20.2 Å². The average Bonchev–Trinajstić information content (AvgIpc) is 3.17. The van der Waals surface area contributed by atoms with Crippen LogP contribution in [-0.2, 0) is 7.05 Å². The van der Waals surface area contributed by atoms with E-state index in [9.17, 15) is 14.0 Å². The molecule has 182 valence electrons. The van der Waals surface area contributed by atoms with Gasteiger partial charge in [0, 0.05) is 25.7 Å². The number of benzene rings is 2. The van der Waals surface area contributed by atoms with Gasteiger partial charge in [-0.05, 0) is 41.8 Å². The summed E-state index contributed by atoms with van der Waals surface area (Å²) in [5, 5.41) is 0. The van der Waals surface area contributed by atoms with Gasteiger partial charge in [0.05, 0.1) is 13.3 Å². The van der Waals surface area contributed by atoms with Crippen molar-refractivity contribution in [2.45, 2.75) is 6.42 Å². The Morgan fingerprint density at radius 1 is 1.14 bits per heavy atom. The summed E-state index contributed by atoms with van der Waals surface area (Å²) in [5.74, 6) is 0.826. The van der Waals surface area contributed by atoms with Crippen LogP contribution in [0.15, 0.2) is 77.2 Å². The fourth-order valence-electron chi connectivity index (χ4n) is 4.13. The summed E-state index contributed by atoms with van der Waals surface area (Å²) in [6, 6.07) is 13.2. The fraction of sp³-hybridized carbons (Fsp3) is 0.185. The molecule has 0 radical (unpaired) electrons. The van der Waals surface area contributed by atoms with Crippen LogP contribution in [0.1, 0.15) is 12.0 Å². The third-order valence-electron chi connectivity index (χ3n) is 6.18. The van der Waals surface area contributed by atoms with Gasteiger partial charge in [-0.2, -0.15) is 0 Å². The van der Waals surface area contributed by atoms with Crippen LogP contribution in [0.3, 0.4) is 0 Å². The normalized spacial score (nSPS) is 13.9.